The quantitative estimate of drug-likeness (QED) is 0.367. The van der Waals surface area contributed by atoms with Gasteiger partial charge >= 0.3 is 0 Å². The molecular formula is C17H16N2O5. The van der Waals surface area contributed by atoms with Gasteiger partial charge in [-0.3, -0.25) is 19.7 Å². The Morgan fingerprint density at radius 3 is 2.17 bits per heavy atom. The van der Waals surface area contributed by atoms with E-state index in [1.807, 2.05) is 12.2 Å². The molecule has 4 atom stereocenters. The Hall–Kier alpha value is -2.70. The average molecular weight is 328 g/mol. The van der Waals surface area contributed by atoms with E-state index in [-0.39, 0.29) is 52.6 Å². The first-order chi connectivity index (χ1) is 11.5. The second kappa shape index (κ2) is 5.15. The normalized spacial score (nSPS) is 30.6. The summed E-state index contributed by atoms with van der Waals surface area (Å²) >= 11 is 0. The Kier molecular flexibility index (Phi) is 3.19. The number of carbonyl (C=O) groups excluding carboxylic acids is 2. The minimum atomic E-state index is -0.549. The number of nitro groups is 1. The van der Waals surface area contributed by atoms with E-state index in [2.05, 4.69) is 0 Å². The van der Waals surface area contributed by atoms with Crippen LogP contribution in [-0.2, 0) is 9.59 Å². The maximum Gasteiger partial charge on any atom is 0.271 e. The van der Waals surface area contributed by atoms with E-state index in [1.54, 1.807) is 0 Å². The second-order valence-corrected chi connectivity index (χ2v) is 6.47. The van der Waals surface area contributed by atoms with Gasteiger partial charge in [0.05, 0.1) is 23.9 Å². The molecule has 24 heavy (non-hydrogen) atoms. The van der Waals surface area contributed by atoms with Crippen molar-refractivity contribution in [3.8, 4) is 5.75 Å². The van der Waals surface area contributed by atoms with Crippen LogP contribution in [0.25, 0.3) is 0 Å². The molecule has 1 heterocycles. The number of imide groups is 1. The Labute approximate surface area is 138 Å². The molecule has 1 saturated heterocycles. The van der Waals surface area contributed by atoms with Gasteiger partial charge in [0.25, 0.3) is 5.69 Å². The number of methoxy groups -OCH3 is 1. The monoisotopic (exact) mass is 328 g/mol. The highest BCUT2D eigenvalue weighted by atomic mass is 16.6. The van der Waals surface area contributed by atoms with Crippen molar-refractivity contribution in [3.63, 3.8) is 0 Å². The fraction of sp³-hybridized carbons (Fsp3) is 0.412. The third kappa shape index (κ3) is 1.90. The summed E-state index contributed by atoms with van der Waals surface area (Å²) < 4.78 is 5.23. The smallest absolute Gasteiger partial charge is 0.271 e. The van der Waals surface area contributed by atoms with Crippen molar-refractivity contribution >= 4 is 23.2 Å². The number of nitro benzene ring substituents is 1. The number of rotatable bonds is 3. The van der Waals surface area contributed by atoms with Crippen LogP contribution in [0.3, 0.4) is 0 Å². The molecule has 1 aromatic rings. The number of benzene rings is 1. The van der Waals surface area contributed by atoms with E-state index < -0.39 is 4.92 Å². The summed E-state index contributed by atoms with van der Waals surface area (Å²) in [6.45, 7) is 0. The van der Waals surface area contributed by atoms with Crippen molar-refractivity contribution in [1.82, 2.24) is 0 Å². The van der Waals surface area contributed by atoms with Crippen LogP contribution in [0, 0.1) is 33.8 Å². The molecule has 0 radical (unpaired) electrons. The van der Waals surface area contributed by atoms with Crippen LogP contribution < -0.4 is 9.64 Å². The van der Waals surface area contributed by atoms with Crippen LogP contribution in [0.5, 0.6) is 5.75 Å². The first-order valence-corrected chi connectivity index (χ1v) is 7.91. The van der Waals surface area contributed by atoms with Crippen LogP contribution in [0.15, 0.2) is 30.4 Å². The van der Waals surface area contributed by atoms with Crippen molar-refractivity contribution in [2.45, 2.75) is 12.8 Å². The number of allylic oxidation sites excluding steroid dienone is 2. The molecule has 5 rings (SSSR count). The van der Waals surface area contributed by atoms with Gasteiger partial charge in [0.1, 0.15) is 11.4 Å². The molecule has 7 heteroatoms. The van der Waals surface area contributed by atoms with Crippen molar-refractivity contribution in [3.05, 3.63) is 40.5 Å². The van der Waals surface area contributed by atoms with Gasteiger partial charge in [-0.25, -0.2) is 4.90 Å². The van der Waals surface area contributed by atoms with Gasteiger partial charge in [-0.15, -0.1) is 0 Å². The fourth-order valence-corrected chi connectivity index (χ4v) is 4.28. The Morgan fingerprint density at radius 1 is 1.12 bits per heavy atom. The van der Waals surface area contributed by atoms with Crippen LogP contribution in [0.4, 0.5) is 11.4 Å². The van der Waals surface area contributed by atoms with E-state index in [9.17, 15) is 19.7 Å². The number of hydrogen-bond donors (Lipinski definition) is 0. The maximum atomic E-state index is 12.9. The first kappa shape index (κ1) is 14.9. The summed E-state index contributed by atoms with van der Waals surface area (Å²) in [6, 6.07) is 3.95. The van der Waals surface area contributed by atoms with Crippen LogP contribution in [-0.4, -0.2) is 23.8 Å². The molecule has 1 aliphatic heterocycles. The Bertz CT molecular complexity index is 755. The molecule has 7 nitrogen and oxygen atoms in total. The lowest BCUT2D eigenvalue weighted by Crippen LogP contribution is -2.38. The molecule has 124 valence electrons. The molecule has 0 aromatic heterocycles. The van der Waals surface area contributed by atoms with Gasteiger partial charge in [-0.05, 0) is 30.7 Å². The largest absolute Gasteiger partial charge is 0.495 e. The van der Waals surface area contributed by atoms with Gasteiger partial charge in [0.2, 0.25) is 11.8 Å². The summed E-state index contributed by atoms with van der Waals surface area (Å²) in [5, 5.41) is 11.1. The standard InChI is InChI=1S/C17H16N2O5/c1-24-13-7-6-11(19(22)23)8-12(13)18-16(20)14-9-2-3-10(5-4-9)15(14)17(18)21/h2-3,6-10,14-15H,4-5H2,1H3/t9-,10-,14-,15-/m0/s1. The van der Waals surface area contributed by atoms with E-state index in [0.717, 1.165) is 17.7 Å². The van der Waals surface area contributed by atoms with E-state index in [1.165, 1.54) is 25.3 Å². The van der Waals surface area contributed by atoms with Gasteiger partial charge in [0, 0.05) is 12.1 Å². The lowest BCUT2D eigenvalue weighted by Gasteiger charge is -2.38. The van der Waals surface area contributed by atoms with Gasteiger partial charge in [-0.2, -0.15) is 0 Å². The number of fused-ring (bicyclic) bond motifs is 1. The minimum Gasteiger partial charge on any atom is -0.495 e. The first-order valence-electron chi connectivity index (χ1n) is 7.91. The summed E-state index contributed by atoms with van der Waals surface area (Å²) in [5.74, 6) is -0.834. The van der Waals surface area contributed by atoms with Crippen LogP contribution in [0.2, 0.25) is 0 Å². The van der Waals surface area contributed by atoms with Crippen molar-refractivity contribution in [2.24, 2.45) is 23.7 Å². The second-order valence-electron chi connectivity index (χ2n) is 6.47. The van der Waals surface area contributed by atoms with Crippen molar-refractivity contribution in [1.29, 1.82) is 0 Å². The highest BCUT2D eigenvalue weighted by Crippen LogP contribution is 2.51. The number of amides is 2. The zero-order valence-electron chi connectivity index (χ0n) is 13.0. The molecular weight excluding hydrogens is 312 g/mol. The molecule has 0 unspecified atom stereocenters. The summed E-state index contributed by atoms with van der Waals surface area (Å²) in [6.07, 6.45) is 5.88. The van der Waals surface area contributed by atoms with Gasteiger partial charge < -0.3 is 4.74 Å². The summed E-state index contributed by atoms with van der Waals surface area (Å²) in [5.41, 5.74) is -0.0159. The third-order valence-electron chi connectivity index (χ3n) is 5.37. The van der Waals surface area contributed by atoms with Crippen LogP contribution in [0.1, 0.15) is 12.8 Å². The molecule has 4 aliphatic rings. The van der Waals surface area contributed by atoms with Crippen LogP contribution >= 0.6 is 0 Å². The van der Waals surface area contributed by atoms with Gasteiger partial charge in [0.15, 0.2) is 0 Å². The molecule has 2 bridgehead atoms. The topological polar surface area (TPSA) is 89.8 Å². The Morgan fingerprint density at radius 2 is 1.71 bits per heavy atom. The zero-order chi connectivity index (χ0) is 17.0. The zero-order valence-corrected chi connectivity index (χ0v) is 13.0. The van der Waals surface area contributed by atoms with Gasteiger partial charge in [-0.1, -0.05) is 12.2 Å². The fourth-order valence-electron chi connectivity index (χ4n) is 4.28. The number of hydrogen-bond acceptors (Lipinski definition) is 5. The van der Waals surface area contributed by atoms with Crippen molar-refractivity contribution in [2.75, 3.05) is 12.0 Å². The number of nitrogens with zero attached hydrogens (tertiary/aromatic N) is 2. The molecule has 0 N–H and O–H groups in total. The van der Waals surface area contributed by atoms with E-state index in [0.29, 0.717) is 0 Å². The molecule has 2 amide bonds. The highest BCUT2D eigenvalue weighted by Gasteiger charge is 2.57. The molecule has 1 aromatic carbocycles. The predicted octanol–water partition coefficient (Wildman–Crippen LogP) is 2.30. The third-order valence-corrected chi connectivity index (χ3v) is 5.37. The number of anilines is 1. The SMILES string of the molecule is COc1ccc([N+](=O)[O-])cc1N1C(=O)[C@@H]2[C@@H](C1=O)[C@H]1C=C[C@H]2CC1. The van der Waals surface area contributed by atoms with Crippen molar-refractivity contribution < 1.29 is 19.2 Å². The minimum absolute atomic E-state index is 0.0751. The number of non-ortho nitro benzene ring substituents is 1. The lowest BCUT2D eigenvalue weighted by molar-refractivity contribution is -0.384. The van der Waals surface area contributed by atoms with E-state index in [4.69, 9.17) is 4.74 Å². The summed E-state index contributed by atoms with van der Waals surface area (Å²) in [4.78, 5) is 37.5. The molecule has 0 spiro atoms. The molecule has 3 aliphatic carbocycles. The average Bonchev–Trinajstić information content (AvgIpc) is 2.88. The lowest BCUT2D eigenvalue weighted by atomic mass is 9.63. The van der Waals surface area contributed by atoms with E-state index >= 15 is 0 Å². The highest BCUT2D eigenvalue weighted by molar-refractivity contribution is 6.23. The maximum absolute atomic E-state index is 12.9. The molecule has 2 fully saturated rings. The predicted molar refractivity (Wildman–Crippen MR) is 84.5 cm³/mol. The summed E-state index contributed by atoms with van der Waals surface area (Å²) in [7, 11) is 1.41. The number of ether oxygens (including phenoxy) is 1. The number of carbonyl (C=O) groups is 2. The Balaban J connectivity index is 1.80. The molecule has 1 saturated carbocycles.